The van der Waals surface area contributed by atoms with Gasteiger partial charge >= 0.3 is 5.97 Å². The van der Waals surface area contributed by atoms with E-state index in [-0.39, 0.29) is 22.3 Å². The Bertz CT molecular complexity index is 1500. The second-order valence-corrected chi connectivity index (χ2v) is 10.0. The van der Waals surface area contributed by atoms with Gasteiger partial charge in [-0.1, -0.05) is 42.5 Å². The number of benzene rings is 3. The Labute approximate surface area is 202 Å². The van der Waals surface area contributed by atoms with Crippen molar-refractivity contribution in [2.75, 3.05) is 11.8 Å². The number of hydrogen-bond acceptors (Lipinski definition) is 5. The summed E-state index contributed by atoms with van der Waals surface area (Å²) in [4.78, 5) is 12.0. The van der Waals surface area contributed by atoms with Gasteiger partial charge in [-0.25, -0.2) is 17.9 Å². The minimum Gasteiger partial charge on any atom is -0.497 e. The molecule has 35 heavy (non-hydrogen) atoms. The van der Waals surface area contributed by atoms with Crippen LogP contribution in [-0.4, -0.2) is 36.4 Å². The molecule has 1 aliphatic rings. The summed E-state index contributed by atoms with van der Waals surface area (Å²) < 4.78 is 35.2. The molecule has 1 saturated carbocycles. The fraction of sp³-hybridized carbons (Fsp3) is 0.154. The van der Waals surface area contributed by atoms with Gasteiger partial charge in [0.05, 0.1) is 35.3 Å². The van der Waals surface area contributed by atoms with Gasteiger partial charge < -0.3 is 9.84 Å². The van der Waals surface area contributed by atoms with E-state index in [1.54, 1.807) is 41.1 Å². The maximum absolute atomic E-state index is 12.9. The monoisotopic (exact) mass is 489 g/mol. The summed E-state index contributed by atoms with van der Waals surface area (Å²) in [5.74, 6) is -0.399. The van der Waals surface area contributed by atoms with Crippen molar-refractivity contribution in [3.8, 4) is 11.4 Å². The van der Waals surface area contributed by atoms with E-state index >= 15 is 0 Å². The number of anilines is 1. The van der Waals surface area contributed by atoms with Gasteiger partial charge in [-0.3, -0.25) is 4.72 Å². The standard InChI is InChI=1S/C26H23N3O5S/c1-34-20-11-6-12-21(14-20)35(32,33)28-18-9-5-10-19(13-18)29-25(24(16-27-29)26(30)31)23-15-22(23)17-7-3-2-4-8-17/h2-14,16,22-23,28H,15H2,1H3,(H,30,31)/t22-,23+/m1/s1. The number of sulfonamides is 1. The number of carboxylic acid groups (broad SMARTS) is 1. The quantitative estimate of drug-likeness (QED) is 0.373. The van der Waals surface area contributed by atoms with Crippen LogP contribution in [0.3, 0.4) is 0 Å². The van der Waals surface area contributed by atoms with E-state index in [2.05, 4.69) is 9.82 Å². The zero-order valence-corrected chi connectivity index (χ0v) is 19.6. The first-order valence-electron chi connectivity index (χ1n) is 11.0. The van der Waals surface area contributed by atoms with E-state index in [9.17, 15) is 18.3 Å². The predicted octanol–water partition coefficient (Wildman–Crippen LogP) is 4.65. The van der Waals surface area contributed by atoms with Crippen LogP contribution in [0.1, 0.15) is 39.9 Å². The molecule has 0 aliphatic heterocycles. The molecule has 1 aromatic heterocycles. The number of hydrogen-bond donors (Lipinski definition) is 2. The molecule has 1 fully saturated rings. The lowest BCUT2D eigenvalue weighted by atomic mass is 10.1. The molecule has 4 aromatic rings. The Balaban J connectivity index is 1.47. The fourth-order valence-corrected chi connectivity index (χ4v) is 5.42. The third-order valence-corrected chi connectivity index (χ3v) is 7.48. The molecule has 0 spiro atoms. The Morgan fingerprint density at radius 1 is 1.03 bits per heavy atom. The number of ether oxygens (including phenoxy) is 1. The molecule has 0 radical (unpaired) electrons. The highest BCUT2D eigenvalue weighted by Gasteiger charge is 2.44. The van der Waals surface area contributed by atoms with Crippen molar-refractivity contribution < 1.29 is 23.1 Å². The van der Waals surface area contributed by atoms with Crippen molar-refractivity contribution in [3.63, 3.8) is 0 Å². The average molecular weight is 490 g/mol. The summed E-state index contributed by atoms with van der Waals surface area (Å²) in [6.07, 6.45) is 2.17. The Kier molecular flexibility index (Phi) is 5.78. The number of aromatic nitrogens is 2. The first-order chi connectivity index (χ1) is 16.9. The molecular weight excluding hydrogens is 466 g/mol. The maximum Gasteiger partial charge on any atom is 0.339 e. The summed E-state index contributed by atoms with van der Waals surface area (Å²) in [5.41, 5.74) is 2.81. The Morgan fingerprint density at radius 2 is 1.80 bits per heavy atom. The Morgan fingerprint density at radius 3 is 2.54 bits per heavy atom. The highest BCUT2D eigenvalue weighted by Crippen LogP contribution is 2.55. The number of aromatic carboxylic acids is 1. The van der Waals surface area contributed by atoms with E-state index in [0.29, 0.717) is 22.8 Å². The minimum atomic E-state index is -3.87. The second kappa shape index (κ2) is 8.92. The third-order valence-electron chi connectivity index (χ3n) is 6.10. The smallest absolute Gasteiger partial charge is 0.339 e. The van der Waals surface area contributed by atoms with Gasteiger partial charge in [0.25, 0.3) is 10.0 Å². The van der Waals surface area contributed by atoms with Crippen LogP contribution in [0.15, 0.2) is 90.0 Å². The van der Waals surface area contributed by atoms with Crippen LogP contribution in [0.5, 0.6) is 5.75 Å². The maximum atomic E-state index is 12.9. The zero-order valence-electron chi connectivity index (χ0n) is 18.8. The molecular formula is C26H23N3O5S. The number of nitrogens with zero attached hydrogens (tertiary/aromatic N) is 2. The van der Waals surface area contributed by atoms with Gasteiger partial charge in [-0.2, -0.15) is 5.10 Å². The molecule has 1 aliphatic carbocycles. The summed E-state index contributed by atoms with van der Waals surface area (Å²) in [6, 6.07) is 22.9. The lowest BCUT2D eigenvalue weighted by Crippen LogP contribution is -2.13. The van der Waals surface area contributed by atoms with Crippen molar-refractivity contribution in [1.29, 1.82) is 0 Å². The normalized spacial score (nSPS) is 17.1. The molecule has 8 nitrogen and oxygen atoms in total. The number of nitrogens with one attached hydrogen (secondary N) is 1. The molecule has 2 N–H and O–H groups in total. The molecule has 9 heteroatoms. The molecule has 0 unspecified atom stereocenters. The van der Waals surface area contributed by atoms with Gasteiger partial charge in [-0.05, 0) is 48.2 Å². The van der Waals surface area contributed by atoms with E-state index in [0.717, 1.165) is 12.0 Å². The van der Waals surface area contributed by atoms with Crippen molar-refractivity contribution in [2.45, 2.75) is 23.2 Å². The van der Waals surface area contributed by atoms with E-state index < -0.39 is 16.0 Å². The Hall–Kier alpha value is -4.11. The van der Waals surface area contributed by atoms with Gasteiger partial charge in [0.15, 0.2) is 0 Å². The van der Waals surface area contributed by atoms with Crippen LogP contribution in [0, 0.1) is 0 Å². The SMILES string of the molecule is COc1cccc(S(=O)(=O)Nc2cccc(-n3ncc(C(=O)O)c3[C@H]3C[C@@H]3c3ccccc3)c2)c1. The number of methoxy groups -OCH3 is 1. The van der Waals surface area contributed by atoms with Crippen molar-refractivity contribution in [3.05, 3.63) is 102 Å². The number of carboxylic acids is 1. The molecule has 178 valence electrons. The molecule has 0 saturated heterocycles. The summed E-state index contributed by atoms with van der Waals surface area (Å²) in [6.45, 7) is 0. The van der Waals surface area contributed by atoms with Crippen LogP contribution in [0.25, 0.3) is 5.69 Å². The summed E-state index contributed by atoms with van der Waals surface area (Å²) in [7, 11) is -2.40. The molecule has 0 bridgehead atoms. The number of carbonyl (C=O) groups is 1. The van der Waals surface area contributed by atoms with Gasteiger partial charge in [0.2, 0.25) is 0 Å². The van der Waals surface area contributed by atoms with Gasteiger partial charge in [0.1, 0.15) is 11.3 Å². The topological polar surface area (TPSA) is 111 Å². The fourth-order valence-electron chi connectivity index (χ4n) is 4.33. The van der Waals surface area contributed by atoms with Gasteiger partial charge in [-0.15, -0.1) is 0 Å². The first-order valence-corrected chi connectivity index (χ1v) is 12.5. The second-order valence-electron chi connectivity index (χ2n) is 8.35. The van der Waals surface area contributed by atoms with Gasteiger partial charge in [0, 0.05) is 12.0 Å². The molecule has 0 amide bonds. The zero-order chi connectivity index (χ0) is 24.6. The van der Waals surface area contributed by atoms with E-state index in [4.69, 9.17) is 4.74 Å². The summed E-state index contributed by atoms with van der Waals surface area (Å²) >= 11 is 0. The van der Waals surface area contributed by atoms with Crippen LogP contribution in [0.4, 0.5) is 5.69 Å². The highest BCUT2D eigenvalue weighted by atomic mass is 32.2. The lowest BCUT2D eigenvalue weighted by molar-refractivity contribution is 0.0695. The first kappa shape index (κ1) is 22.7. The minimum absolute atomic E-state index is 0.00290. The van der Waals surface area contributed by atoms with E-state index in [1.165, 1.54) is 25.4 Å². The average Bonchev–Trinajstić information content (AvgIpc) is 3.53. The third kappa shape index (κ3) is 4.50. The molecule has 3 aromatic carbocycles. The van der Waals surface area contributed by atoms with Crippen LogP contribution < -0.4 is 9.46 Å². The van der Waals surface area contributed by atoms with Crippen molar-refractivity contribution in [2.24, 2.45) is 0 Å². The van der Waals surface area contributed by atoms with Crippen molar-refractivity contribution in [1.82, 2.24) is 9.78 Å². The molecule has 2 atom stereocenters. The number of rotatable bonds is 8. The van der Waals surface area contributed by atoms with E-state index in [1.807, 2.05) is 30.3 Å². The lowest BCUT2D eigenvalue weighted by Gasteiger charge is -2.12. The summed E-state index contributed by atoms with van der Waals surface area (Å²) in [5, 5.41) is 14.1. The van der Waals surface area contributed by atoms with Crippen LogP contribution in [0.2, 0.25) is 0 Å². The van der Waals surface area contributed by atoms with Crippen LogP contribution >= 0.6 is 0 Å². The largest absolute Gasteiger partial charge is 0.497 e. The molecule has 5 rings (SSSR count). The highest BCUT2D eigenvalue weighted by molar-refractivity contribution is 7.92. The van der Waals surface area contributed by atoms with Crippen molar-refractivity contribution >= 4 is 21.7 Å². The van der Waals surface area contributed by atoms with Crippen LogP contribution in [-0.2, 0) is 10.0 Å². The molecule has 1 heterocycles. The predicted molar refractivity (Wildman–Crippen MR) is 131 cm³/mol.